The SMILES string of the molecule is CCC(NCC1CCC(O)CC1)c1ccco1. The van der Waals surface area contributed by atoms with E-state index in [9.17, 15) is 5.11 Å². The Balaban J connectivity index is 1.76. The summed E-state index contributed by atoms with van der Waals surface area (Å²) in [4.78, 5) is 0. The summed E-state index contributed by atoms with van der Waals surface area (Å²) in [6, 6.07) is 4.31. The Labute approximate surface area is 103 Å². The van der Waals surface area contributed by atoms with Gasteiger partial charge in [-0.15, -0.1) is 0 Å². The van der Waals surface area contributed by atoms with Gasteiger partial charge in [-0.25, -0.2) is 0 Å². The third-order valence-corrected chi connectivity index (χ3v) is 3.76. The molecule has 1 aromatic heterocycles. The number of nitrogens with one attached hydrogen (secondary N) is 1. The van der Waals surface area contributed by atoms with E-state index in [0.29, 0.717) is 12.0 Å². The summed E-state index contributed by atoms with van der Waals surface area (Å²) in [5, 5.41) is 13.0. The monoisotopic (exact) mass is 237 g/mol. The van der Waals surface area contributed by atoms with Gasteiger partial charge in [0.2, 0.25) is 0 Å². The van der Waals surface area contributed by atoms with E-state index in [-0.39, 0.29) is 6.10 Å². The molecule has 3 nitrogen and oxygen atoms in total. The zero-order chi connectivity index (χ0) is 12.1. The Morgan fingerprint density at radius 1 is 1.41 bits per heavy atom. The highest BCUT2D eigenvalue weighted by Crippen LogP contribution is 2.25. The van der Waals surface area contributed by atoms with E-state index in [2.05, 4.69) is 12.2 Å². The van der Waals surface area contributed by atoms with Crippen molar-refractivity contribution in [1.82, 2.24) is 5.32 Å². The lowest BCUT2D eigenvalue weighted by atomic mass is 9.87. The van der Waals surface area contributed by atoms with E-state index in [4.69, 9.17) is 4.42 Å². The molecular weight excluding hydrogens is 214 g/mol. The predicted molar refractivity (Wildman–Crippen MR) is 67.7 cm³/mol. The van der Waals surface area contributed by atoms with Crippen LogP contribution in [0.25, 0.3) is 0 Å². The van der Waals surface area contributed by atoms with Crippen LogP contribution in [0.4, 0.5) is 0 Å². The van der Waals surface area contributed by atoms with Crippen molar-refractivity contribution in [3.8, 4) is 0 Å². The smallest absolute Gasteiger partial charge is 0.120 e. The predicted octanol–water partition coefficient (Wildman–Crippen LogP) is 2.87. The highest BCUT2D eigenvalue weighted by molar-refractivity contribution is 5.04. The van der Waals surface area contributed by atoms with Crippen LogP contribution in [0.5, 0.6) is 0 Å². The van der Waals surface area contributed by atoms with Gasteiger partial charge in [0.1, 0.15) is 5.76 Å². The molecule has 0 aromatic carbocycles. The zero-order valence-corrected chi connectivity index (χ0v) is 10.6. The van der Waals surface area contributed by atoms with Gasteiger partial charge in [-0.3, -0.25) is 0 Å². The van der Waals surface area contributed by atoms with E-state index < -0.39 is 0 Å². The van der Waals surface area contributed by atoms with Gasteiger partial charge in [0.15, 0.2) is 0 Å². The van der Waals surface area contributed by atoms with E-state index in [1.807, 2.05) is 12.1 Å². The highest BCUT2D eigenvalue weighted by atomic mass is 16.3. The lowest BCUT2D eigenvalue weighted by Gasteiger charge is -2.27. The van der Waals surface area contributed by atoms with Crippen molar-refractivity contribution in [2.24, 2.45) is 5.92 Å². The Morgan fingerprint density at radius 3 is 2.76 bits per heavy atom. The largest absolute Gasteiger partial charge is 0.468 e. The number of aliphatic hydroxyl groups excluding tert-OH is 1. The van der Waals surface area contributed by atoms with Gasteiger partial charge in [0.05, 0.1) is 18.4 Å². The zero-order valence-electron chi connectivity index (χ0n) is 10.6. The summed E-state index contributed by atoms with van der Waals surface area (Å²) in [7, 11) is 0. The fourth-order valence-electron chi connectivity index (χ4n) is 2.59. The van der Waals surface area contributed by atoms with Crippen LogP contribution in [0.15, 0.2) is 22.8 Å². The molecule has 3 heteroatoms. The minimum atomic E-state index is -0.0571. The Hall–Kier alpha value is -0.800. The molecule has 1 aliphatic carbocycles. The second kappa shape index (κ2) is 6.22. The molecule has 0 saturated heterocycles. The average molecular weight is 237 g/mol. The molecule has 2 rings (SSSR count). The number of hydrogen-bond acceptors (Lipinski definition) is 3. The molecule has 1 aromatic rings. The lowest BCUT2D eigenvalue weighted by Crippen LogP contribution is -2.30. The molecule has 1 atom stereocenters. The van der Waals surface area contributed by atoms with Crippen LogP contribution in [0.3, 0.4) is 0 Å². The van der Waals surface area contributed by atoms with Crippen LogP contribution < -0.4 is 5.32 Å². The van der Waals surface area contributed by atoms with Gasteiger partial charge in [-0.2, -0.15) is 0 Å². The molecule has 1 aliphatic rings. The first kappa shape index (κ1) is 12.7. The minimum Gasteiger partial charge on any atom is -0.468 e. The van der Waals surface area contributed by atoms with Gasteiger partial charge < -0.3 is 14.8 Å². The summed E-state index contributed by atoms with van der Waals surface area (Å²) >= 11 is 0. The molecule has 0 bridgehead atoms. The van der Waals surface area contributed by atoms with Crippen molar-refractivity contribution in [1.29, 1.82) is 0 Å². The second-order valence-corrected chi connectivity index (χ2v) is 5.06. The maximum Gasteiger partial charge on any atom is 0.120 e. The van der Waals surface area contributed by atoms with Crippen LogP contribution in [-0.4, -0.2) is 17.8 Å². The van der Waals surface area contributed by atoms with E-state index >= 15 is 0 Å². The third kappa shape index (κ3) is 3.58. The van der Waals surface area contributed by atoms with E-state index in [1.54, 1.807) is 6.26 Å². The molecule has 1 fully saturated rings. The molecule has 17 heavy (non-hydrogen) atoms. The number of furan rings is 1. The van der Waals surface area contributed by atoms with Crippen LogP contribution in [0, 0.1) is 5.92 Å². The Bertz CT molecular complexity index is 302. The molecule has 0 aliphatic heterocycles. The standard InChI is InChI=1S/C14H23NO2/c1-2-13(14-4-3-9-17-14)15-10-11-5-7-12(16)8-6-11/h3-4,9,11-13,15-16H,2,5-8,10H2,1H3. The molecule has 1 saturated carbocycles. The third-order valence-electron chi connectivity index (χ3n) is 3.76. The summed E-state index contributed by atoms with van der Waals surface area (Å²) in [5.41, 5.74) is 0. The van der Waals surface area contributed by atoms with Crippen molar-refractivity contribution >= 4 is 0 Å². The molecule has 0 amide bonds. The molecule has 0 spiro atoms. The number of hydrogen-bond donors (Lipinski definition) is 2. The normalized spacial score (nSPS) is 26.9. The number of rotatable bonds is 5. The van der Waals surface area contributed by atoms with Gasteiger partial charge in [0.25, 0.3) is 0 Å². The first-order valence-electron chi connectivity index (χ1n) is 6.74. The van der Waals surface area contributed by atoms with Gasteiger partial charge in [-0.05, 0) is 56.7 Å². The van der Waals surface area contributed by atoms with Crippen molar-refractivity contribution in [2.75, 3.05) is 6.54 Å². The van der Waals surface area contributed by atoms with Crippen molar-refractivity contribution in [2.45, 2.75) is 51.2 Å². The maximum atomic E-state index is 9.47. The van der Waals surface area contributed by atoms with Gasteiger partial charge in [-0.1, -0.05) is 6.92 Å². The molecule has 96 valence electrons. The summed E-state index contributed by atoms with van der Waals surface area (Å²) < 4.78 is 5.44. The Morgan fingerprint density at radius 2 is 2.18 bits per heavy atom. The van der Waals surface area contributed by atoms with Gasteiger partial charge in [0, 0.05) is 0 Å². The van der Waals surface area contributed by atoms with Crippen molar-refractivity contribution in [3.63, 3.8) is 0 Å². The van der Waals surface area contributed by atoms with Crippen LogP contribution in [0.2, 0.25) is 0 Å². The molecular formula is C14H23NO2. The van der Waals surface area contributed by atoms with Crippen molar-refractivity contribution in [3.05, 3.63) is 24.2 Å². The maximum absolute atomic E-state index is 9.47. The lowest BCUT2D eigenvalue weighted by molar-refractivity contribution is 0.107. The summed E-state index contributed by atoms with van der Waals surface area (Å²) in [6.07, 6.45) is 6.93. The van der Waals surface area contributed by atoms with E-state index in [1.165, 1.54) is 0 Å². The van der Waals surface area contributed by atoms with Crippen LogP contribution in [0.1, 0.15) is 50.8 Å². The first-order valence-corrected chi connectivity index (χ1v) is 6.74. The fraction of sp³-hybridized carbons (Fsp3) is 0.714. The topological polar surface area (TPSA) is 45.4 Å². The first-order chi connectivity index (χ1) is 8.29. The fourth-order valence-corrected chi connectivity index (χ4v) is 2.59. The number of aliphatic hydroxyl groups is 1. The quantitative estimate of drug-likeness (QED) is 0.827. The Kier molecular flexibility index (Phi) is 4.63. The highest BCUT2D eigenvalue weighted by Gasteiger charge is 2.20. The molecule has 0 radical (unpaired) electrons. The molecule has 1 heterocycles. The van der Waals surface area contributed by atoms with Crippen LogP contribution in [-0.2, 0) is 0 Å². The molecule has 2 N–H and O–H groups in total. The molecule has 1 unspecified atom stereocenters. The average Bonchev–Trinajstić information content (AvgIpc) is 2.86. The second-order valence-electron chi connectivity index (χ2n) is 5.06. The van der Waals surface area contributed by atoms with Gasteiger partial charge >= 0.3 is 0 Å². The van der Waals surface area contributed by atoms with Crippen molar-refractivity contribution < 1.29 is 9.52 Å². The summed E-state index contributed by atoms with van der Waals surface area (Å²) in [5.74, 6) is 1.74. The summed E-state index contributed by atoms with van der Waals surface area (Å²) in [6.45, 7) is 3.21. The van der Waals surface area contributed by atoms with E-state index in [0.717, 1.165) is 44.4 Å². The minimum absolute atomic E-state index is 0.0571. The van der Waals surface area contributed by atoms with Crippen LogP contribution >= 0.6 is 0 Å².